The van der Waals surface area contributed by atoms with Gasteiger partial charge in [-0.1, -0.05) is 13.8 Å². The molecule has 0 spiro atoms. The van der Waals surface area contributed by atoms with Crippen LogP contribution in [0.1, 0.15) is 20.8 Å². The molecule has 3 nitrogen and oxygen atoms in total. The summed E-state index contributed by atoms with van der Waals surface area (Å²) in [6.07, 6.45) is 0. The summed E-state index contributed by atoms with van der Waals surface area (Å²) in [4.78, 5) is 13.9. The molecule has 1 fully saturated rings. The van der Waals surface area contributed by atoms with E-state index in [-0.39, 0.29) is 11.9 Å². The summed E-state index contributed by atoms with van der Waals surface area (Å²) < 4.78 is 0. The molecule has 88 valence electrons. The van der Waals surface area contributed by atoms with Crippen molar-refractivity contribution in [1.82, 2.24) is 10.2 Å². The summed E-state index contributed by atoms with van der Waals surface area (Å²) in [6, 6.07) is 0.275. The zero-order valence-corrected chi connectivity index (χ0v) is 10.8. The molecule has 1 heterocycles. The highest BCUT2D eigenvalue weighted by Gasteiger charge is 2.16. The second-order valence-corrected chi connectivity index (χ2v) is 5.71. The van der Waals surface area contributed by atoms with Crippen molar-refractivity contribution in [2.24, 2.45) is 5.92 Å². The van der Waals surface area contributed by atoms with E-state index in [1.54, 1.807) is 0 Å². The predicted octanol–water partition coefficient (Wildman–Crippen LogP) is 1.20. The van der Waals surface area contributed by atoms with Crippen LogP contribution in [0.15, 0.2) is 0 Å². The average molecular weight is 230 g/mol. The maximum Gasteiger partial charge on any atom is 0.234 e. The highest BCUT2D eigenvalue weighted by atomic mass is 32.2. The number of nitrogens with zero attached hydrogens (tertiary/aromatic N) is 1. The third-order valence-corrected chi connectivity index (χ3v) is 3.80. The molecule has 1 rings (SSSR count). The average Bonchev–Trinajstić information content (AvgIpc) is 2.18. The standard InChI is InChI=1S/C11H22N2OS/c1-9(2)10(3)12-11(14)8-13-4-6-15-7-5-13/h9-10H,4-8H2,1-3H3,(H,12,14)/t10-/m1/s1. The summed E-state index contributed by atoms with van der Waals surface area (Å²) in [7, 11) is 0. The summed E-state index contributed by atoms with van der Waals surface area (Å²) in [5, 5.41) is 3.04. The first kappa shape index (κ1) is 12.8. The number of nitrogens with one attached hydrogen (secondary N) is 1. The molecule has 1 amide bonds. The Morgan fingerprint density at radius 3 is 2.47 bits per heavy atom. The van der Waals surface area contributed by atoms with Crippen LogP contribution in [0.5, 0.6) is 0 Å². The number of carbonyl (C=O) groups excluding carboxylic acids is 1. The minimum atomic E-state index is 0.170. The van der Waals surface area contributed by atoms with Gasteiger partial charge >= 0.3 is 0 Å². The smallest absolute Gasteiger partial charge is 0.234 e. The topological polar surface area (TPSA) is 32.3 Å². The number of carbonyl (C=O) groups is 1. The molecule has 1 saturated heterocycles. The van der Waals surface area contributed by atoms with Crippen molar-refractivity contribution >= 4 is 17.7 Å². The maximum atomic E-state index is 11.7. The molecule has 15 heavy (non-hydrogen) atoms. The van der Waals surface area contributed by atoms with Gasteiger partial charge in [0.25, 0.3) is 0 Å². The van der Waals surface area contributed by atoms with Crippen LogP contribution in [0, 0.1) is 5.92 Å². The third kappa shape index (κ3) is 4.89. The Bertz CT molecular complexity index is 203. The second-order valence-electron chi connectivity index (χ2n) is 4.49. The molecule has 1 N–H and O–H groups in total. The lowest BCUT2D eigenvalue weighted by atomic mass is 10.1. The van der Waals surface area contributed by atoms with Crippen molar-refractivity contribution in [3.05, 3.63) is 0 Å². The van der Waals surface area contributed by atoms with Gasteiger partial charge in [0.1, 0.15) is 0 Å². The summed E-state index contributed by atoms with van der Waals surface area (Å²) in [5.74, 6) is 2.99. The number of hydrogen-bond donors (Lipinski definition) is 1. The zero-order chi connectivity index (χ0) is 11.3. The molecule has 0 radical (unpaired) electrons. The monoisotopic (exact) mass is 230 g/mol. The van der Waals surface area contributed by atoms with Crippen LogP contribution >= 0.6 is 11.8 Å². The minimum absolute atomic E-state index is 0.170. The minimum Gasteiger partial charge on any atom is -0.352 e. The van der Waals surface area contributed by atoms with Crippen molar-refractivity contribution in [3.8, 4) is 0 Å². The van der Waals surface area contributed by atoms with E-state index in [0.29, 0.717) is 12.5 Å². The Kier molecular flexibility index (Phi) is 5.47. The van der Waals surface area contributed by atoms with Crippen molar-refractivity contribution in [1.29, 1.82) is 0 Å². The Labute approximate surface area is 97.0 Å². The van der Waals surface area contributed by atoms with Crippen LogP contribution in [0.4, 0.5) is 0 Å². The van der Waals surface area contributed by atoms with Gasteiger partial charge < -0.3 is 5.32 Å². The number of rotatable bonds is 4. The number of hydrogen-bond acceptors (Lipinski definition) is 3. The van der Waals surface area contributed by atoms with Gasteiger partial charge in [0.05, 0.1) is 6.54 Å². The Hall–Kier alpha value is -0.220. The van der Waals surface area contributed by atoms with E-state index in [9.17, 15) is 4.79 Å². The van der Waals surface area contributed by atoms with Gasteiger partial charge in [0, 0.05) is 30.6 Å². The first-order valence-electron chi connectivity index (χ1n) is 5.69. The Morgan fingerprint density at radius 1 is 1.33 bits per heavy atom. The molecule has 0 aromatic carbocycles. The van der Waals surface area contributed by atoms with Crippen LogP contribution in [0.2, 0.25) is 0 Å². The molecule has 1 aliphatic rings. The highest BCUT2D eigenvalue weighted by Crippen LogP contribution is 2.08. The van der Waals surface area contributed by atoms with Gasteiger partial charge in [-0.2, -0.15) is 11.8 Å². The van der Waals surface area contributed by atoms with Crippen LogP contribution < -0.4 is 5.32 Å². The highest BCUT2D eigenvalue weighted by molar-refractivity contribution is 7.99. The fourth-order valence-corrected chi connectivity index (χ4v) is 2.41. The molecular formula is C11H22N2OS. The van der Waals surface area contributed by atoms with E-state index in [1.807, 2.05) is 11.8 Å². The predicted molar refractivity (Wildman–Crippen MR) is 66.2 cm³/mol. The van der Waals surface area contributed by atoms with E-state index in [4.69, 9.17) is 0 Å². The second kappa shape index (κ2) is 6.38. The van der Waals surface area contributed by atoms with Gasteiger partial charge in [0.15, 0.2) is 0 Å². The lowest BCUT2D eigenvalue weighted by molar-refractivity contribution is -0.123. The largest absolute Gasteiger partial charge is 0.352 e. The molecule has 4 heteroatoms. The van der Waals surface area contributed by atoms with Crippen molar-refractivity contribution in [2.75, 3.05) is 31.1 Å². The van der Waals surface area contributed by atoms with Crippen LogP contribution in [-0.2, 0) is 4.79 Å². The fraction of sp³-hybridized carbons (Fsp3) is 0.909. The lowest BCUT2D eigenvalue weighted by Gasteiger charge is -2.26. The maximum absolute atomic E-state index is 11.7. The molecule has 0 saturated carbocycles. The van der Waals surface area contributed by atoms with Crippen LogP contribution in [0.25, 0.3) is 0 Å². The van der Waals surface area contributed by atoms with E-state index in [0.717, 1.165) is 24.6 Å². The van der Waals surface area contributed by atoms with E-state index >= 15 is 0 Å². The van der Waals surface area contributed by atoms with Crippen molar-refractivity contribution in [3.63, 3.8) is 0 Å². The van der Waals surface area contributed by atoms with Crippen molar-refractivity contribution in [2.45, 2.75) is 26.8 Å². The van der Waals surface area contributed by atoms with Gasteiger partial charge in [0.2, 0.25) is 5.91 Å². The van der Waals surface area contributed by atoms with Gasteiger partial charge in [-0.15, -0.1) is 0 Å². The van der Waals surface area contributed by atoms with Crippen LogP contribution in [-0.4, -0.2) is 48.0 Å². The van der Waals surface area contributed by atoms with Gasteiger partial charge in [-0.05, 0) is 12.8 Å². The number of thioether (sulfide) groups is 1. The normalized spacial score (nSPS) is 20.3. The molecular weight excluding hydrogens is 208 g/mol. The van der Waals surface area contributed by atoms with Gasteiger partial charge in [-0.25, -0.2) is 0 Å². The molecule has 1 atom stereocenters. The summed E-state index contributed by atoms with van der Waals surface area (Å²) in [6.45, 7) is 8.99. The Balaban J connectivity index is 2.22. The van der Waals surface area contributed by atoms with E-state index in [2.05, 4.69) is 31.0 Å². The molecule has 0 aliphatic carbocycles. The third-order valence-electron chi connectivity index (χ3n) is 2.86. The van der Waals surface area contributed by atoms with Crippen LogP contribution in [0.3, 0.4) is 0 Å². The SMILES string of the molecule is CC(C)[C@@H](C)NC(=O)CN1CCSCC1. The zero-order valence-electron chi connectivity index (χ0n) is 9.95. The molecule has 0 aromatic heterocycles. The first-order chi connectivity index (χ1) is 7.09. The molecule has 0 bridgehead atoms. The summed E-state index contributed by atoms with van der Waals surface area (Å²) >= 11 is 1.97. The first-order valence-corrected chi connectivity index (χ1v) is 6.84. The van der Waals surface area contributed by atoms with E-state index in [1.165, 1.54) is 0 Å². The molecule has 0 unspecified atom stereocenters. The lowest BCUT2D eigenvalue weighted by Crippen LogP contribution is -2.45. The fourth-order valence-electron chi connectivity index (χ4n) is 1.43. The van der Waals surface area contributed by atoms with Crippen molar-refractivity contribution < 1.29 is 4.79 Å². The Morgan fingerprint density at radius 2 is 1.93 bits per heavy atom. The quantitative estimate of drug-likeness (QED) is 0.787. The van der Waals surface area contributed by atoms with E-state index < -0.39 is 0 Å². The summed E-state index contributed by atoms with van der Waals surface area (Å²) in [5.41, 5.74) is 0. The van der Waals surface area contributed by atoms with Gasteiger partial charge in [-0.3, -0.25) is 9.69 Å². The number of amides is 1. The molecule has 0 aromatic rings. The molecule has 1 aliphatic heterocycles.